The standard InChI is InChI=1S/C24H26O3/c1-24-11-3-5-19-13-16(14-20(22(19)24)6-4-12-24)15-21(25)17-7-9-18(10-8-17)23(26)27-2/h7-10,13-14H,3-6,11-12,15H2,1-2H3. The highest BCUT2D eigenvalue weighted by atomic mass is 16.5. The second-order valence-corrected chi connectivity index (χ2v) is 8.23. The zero-order valence-corrected chi connectivity index (χ0v) is 16.1. The van der Waals surface area contributed by atoms with Gasteiger partial charge in [0.05, 0.1) is 12.7 Å². The number of carbonyl (C=O) groups is 2. The van der Waals surface area contributed by atoms with Crippen LogP contribution < -0.4 is 0 Å². The van der Waals surface area contributed by atoms with E-state index in [1.165, 1.54) is 43.9 Å². The summed E-state index contributed by atoms with van der Waals surface area (Å²) >= 11 is 0. The topological polar surface area (TPSA) is 43.4 Å². The summed E-state index contributed by atoms with van der Waals surface area (Å²) in [6.07, 6.45) is 7.75. The highest BCUT2D eigenvalue weighted by Gasteiger charge is 2.36. The summed E-state index contributed by atoms with van der Waals surface area (Å²) < 4.78 is 4.71. The Labute approximate surface area is 160 Å². The van der Waals surface area contributed by atoms with E-state index in [1.807, 2.05) is 0 Å². The first kappa shape index (κ1) is 18.0. The lowest BCUT2D eigenvalue weighted by Gasteiger charge is -2.41. The van der Waals surface area contributed by atoms with Crippen molar-refractivity contribution in [2.45, 2.75) is 57.3 Å². The molecule has 2 aromatic rings. The highest BCUT2D eigenvalue weighted by Crippen LogP contribution is 2.46. The van der Waals surface area contributed by atoms with Gasteiger partial charge in [0.1, 0.15) is 0 Å². The van der Waals surface area contributed by atoms with Gasteiger partial charge in [0.15, 0.2) is 5.78 Å². The molecule has 2 aromatic carbocycles. The van der Waals surface area contributed by atoms with E-state index in [0.717, 1.165) is 18.4 Å². The smallest absolute Gasteiger partial charge is 0.337 e. The Morgan fingerprint density at radius 3 is 2.07 bits per heavy atom. The quantitative estimate of drug-likeness (QED) is 0.578. The maximum absolute atomic E-state index is 12.8. The zero-order chi connectivity index (χ0) is 19.0. The molecule has 3 nitrogen and oxygen atoms in total. The number of benzene rings is 2. The molecule has 140 valence electrons. The molecule has 0 saturated heterocycles. The molecule has 0 spiro atoms. The number of carbonyl (C=O) groups excluding carboxylic acids is 2. The molecule has 0 amide bonds. The number of esters is 1. The van der Waals surface area contributed by atoms with Crippen LogP contribution in [0, 0.1) is 0 Å². The summed E-state index contributed by atoms with van der Waals surface area (Å²) in [7, 11) is 1.36. The van der Waals surface area contributed by atoms with E-state index in [9.17, 15) is 9.59 Å². The number of Topliss-reactive ketones (excluding diaryl/α,β-unsaturated/α-hetero) is 1. The molecule has 0 bridgehead atoms. The van der Waals surface area contributed by atoms with Crippen molar-refractivity contribution in [1.29, 1.82) is 0 Å². The minimum atomic E-state index is -0.383. The fourth-order valence-electron chi connectivity index (χ4n) is 5.02. The minimum Gasteiger partial charge on any atom is -0.465 e. The molecule has 4 rings (SSSR count). The second-order valence-electron chi connectivity index (χ2n) is 8.23. The third-order valence-electron chi connectivity index (χ3n) is 6.31. The van der Waals surface area contributed by atoms with Crippen LogP contribution in [0.5, 0.6) is 0 Å². The number of hydrogen-bond acceptors (Lipinski definition) is 3. The van der Waals surface area contributed by atoms with Crippen molar-refractivity contribution in [2.75, 3.05) is 7.11 Å². The third kappa shape index (κ3) is 3.31. The van der Waals surface area contributed by atoms with Gasteiger partial charge in [-0.25, -0.2) is 4.79 Å². The van der Waals surface area contributed by atoms with Crippen molar-refractivity contribution in [2.24, 2.45) is 0 Å². The summed E-state index contributed by atoms with van der Waals surface area (Å²) in [6, 6.07) is 11.3. The molecular weight excluding hydrogens is 336 g/mol. The third-order valence-corrected chi connectivity index (χ3v) is 6.31. The predicted molar refractivity (Wildman–Crippen MR) is 105 cm³/mol. The van der Waals surface area contributed by atoms with Crippen molar-refractivity contribution in [3.05, 3.63) is 69.8 Å². The van der Waals surface area contributed by atoms with E-state index in [1.54, 1.807) is 29.8 Å². The van der Waals surface area contributed by atoms with Gasteiger partial charge < -0.3 is 4.74 Å². The van der Waals surface area contributed by atoms with Gasteiger partial charge in [0, 0.05) is 12.0 Å². The summed E-state index contributed by atoms with van der Waals surface area (Å²) in [6.45, 7) is 2.42. The van der Waals surface area contributed by atoms with Crippen LogP contribution in [-0.2, 0) is 29.4 Å². The Kier molecular flexibility index (Phi) is 4.63. The number of methoxy groups -OCH3 is 1. The average molecular weight is 362 g/mol. The molecule has 0 N–H and O–H groups in total. The molecule has 27 heavy (non-hydrogen) atoms. The van der Waals surface area contributed by atoms with E-state index < -0.39 is 0 Å². The van der Waals surface area contributed by atoms with Crippen molar-refractivity contribution < 1.29 is 14.3 Å². The lowest BCUT2D eigenvalue weighted by Crippen LogP contribution is -2.32. The maximum atomic E-state index is 12.8. The van der Waals surface area contributed by atoms with Gasteiger partial charge in [-0.1, -0.05) is 31.2 Å². The van der Waals surface area contributed by atoms with Gasteiger partial charge in [0.25, 0.3) is 0 Å². The van der Waals surface area contributed by atoms with Crippen LogP contribution in [0.1, 0.15) is 75.6 Å². The van der Waals surface area contributed by atoms with Crippen LogP contribution in [0.15, 0.2) is 36.4 Å². The van der Waals surface area contributed by atoms with E-state index in [0.29, 0.717) is 23.0 Å². The van der Waals surface area contributed by atoms with Crippen LogP contribution >= 0.6 is 0 Å². The van der Waals surface area contributed by atoms with Gasteiger partial charge in [-0.05, 0) is 78.3 Å². The fourth-order valence-corrected chi connectivity index (χ4v) is 5.02. The van der Waals surface area contributed by atoms with Crippen LogP contribution in [-0.4, -0.2) is 18.9 Å². The molecule has 0 aliphatic heterocycles. The molecular formula is C24H26O3. The van der Waals surface area contributed by atoms with Crippen molar-refractivity contribution in [1.82, 2.24) is 0 Å². The van der Waals surface area contributed by atoms with Crippen molar-refractivity contribution >= 4 is 11.8 Å². The Morgan fingerprint density at radius 1 is 0.963 bits per heavy atom. The number of aryl methyl sites for hydroxylation is 2. The van der Waals surface area contributed by atoms with Gasteiger partial charge >= 0.3 is 5.97 Å². The highest BCUT2D eigenvalue weighted by molar-refractivity contribution is 5.98. The van der Waals surface area contributed by atoms with Gasteiger partial charge in [-0.3, -0.25) is 4.79 Å². The zero-order valence-electron chi connectivity index (χ0n) is 16.1. The van der Waals surface area contributed by atoms with Crippen molar-refractivity contribution in [3.8, 4) is 0 Å². The Balaban J connectivity index is 1.58. The number of rotatable bonds is 4. The Bertz CT molecular complexity index is 861. The van der Waals surface area contributed by atoms with Crippen LogP contribution in [0.25, 0.3) is 0 Å². The molecule has 0 heterocycles. The largest absolute Gasteiger partial charge is 0.465 e. The molecule has 0 saturated carbocycles. The SMILES string of the molecule is COC(=O)c1ccc(C(=O)Cc2cc3c4c(c2)CCCC4(C)CCC3)cc1. The summed E-state index contributed by atoms with van der Waals surface area (Å²) in [5.41, 5.74) is 7.07. The molecule has 0 radical (unpaired) electrons. The average Bonchev–Trinajstić information content (AvgIpc) is 2.67. The molecule has 0 aromatic heterocycles. The number of hydrogen-bond donors (Lipinski definition) is 0. The van der Waals surface area contributed by atoms with Crippen molar-refractivity contribution in [3.63, 3.8) is 0 Å². The van der Waals surface area contributed by atoms with E-state index in [4.69, 9.17) is 4.74 Å². The molecule has 0 atom stereocenters. The lowest BCUT2D eigenvalue weighted by molar-refractivity contribution is 0.0600. The van der Waals surface area contributed by atoms with E-state index in [-0.39, 0.29) is 11.8 Å². The summed E-state index contributed by atoms with van der Waals surface area (Å²) in [5.74, 6) is -0.293. The fraction of sp³-hybridized carbons (Fsp3) is 0.417. The molecule has 2 aliphatic carbocycles. The van der Waals surface area contributed by atoms with E-state index >= 15 is 0 Å². The first-order valence-corrected chi connectivity index (χ1v) is 9.87. The first-order chi connectivity index (χ1) is 13.0. The molecule has 0 fully saturated rings. The maximum Gasteiger partial charge on any atom is 0.337 e. The molecule has 0 unspecified atom stereocenters. The summed E-state index contributed by atoms with van der Waals surface area (Å²) in [5, 5.41) is 0. The van der Waals surface area contributed by atoms with Crippen LogP contribution in [0.2, 0.25) is 0 Å². The second kappa shape index (κ2) is 6.95. The minimum absolute atomic E-state index is 0.0907. The normalized spacial score (nSPS) is 17.1. The first-order valence-electron chi connectivity index (χ1n) is 9.87. The van der Waals surface area contributed by atoms with Crippen LogP contribution in [0.4, 0.5) is 0 Å². The van der Waals surface area contributed by atoms with E-state index in [2.05, 4.69) is 19.1 Å². The molecule has 2 aliphatic rings. The monoisotopic (exact) mass is 362 g/mol. The predicted octanol–water partition coefficient (Wildman–Crippen LogP) is 4.83. The Morgan fingerprint density at radius 2 is 1.52 bits per heavy atom. The number of ketones is 1. The van der Waals surface area contributed by atoms with Crippen LogP contribution in [0.3, 0.4) is 0 Å². The Hall–Kier alpha value is -2.42. The van der Waals surface area contributed by atoms with Gasteiger partial charge in [-0.15, -0.1) is 0 Å². The molecule has 3 heteroatoms. The van der Waals surface area contributed by atoms with Gasteiger partial charge in [0.2, 0.25) is 0 Å². The van der Waals surface area contributed by atoms with Gasteiger partial charge in [-0.2, -0.15) is 0 Å². The number of ether oxygens (including phenoxy) is 1. The lowest BCUT2D eigenvalue weighted by atomic mass is 9.63. The summed E-state index contributed by atoms with van der Waals surface area (Å²) in [4.78, 5) is 24.3.